The molecule has 0 aliphatic carbocycles. The summed E-state index contributed by atoms with van der Waals surface area (Å²) < 4.78 is 48.5. The Morgan fingerprint density at radius 1 is 1.36 bits per heavy atom. The van der Waals surface area contributed by atoms with E-state index in [0.717, 1.165) is 0 Å². The Balaban J connectivity index is 2.75. The van der Waals surface area contributed by atoms with Crippen molar-refractivity contribution in [1.82, 2.24) is 5.32 Å². The fraction of sp³-hybridized carbons (Fsp3) is 1.00. The van der Waals surface area contributed by atoms with Crippen LogP contribution in [0.4, 0.5) is 17.6 Å². The average molecular weight is 171 g/mol. The normalized spacial score (nSPS) is 32.7. The number of nitrogens with one attached hydrogen (secondary N) is 1. The molecule has 1 nitrogen and oxygen atoms in total. The number of halogens is 4. The van der Waals surface area contributed by atoms with Gasteiger partial charge in [-0.15, -0.1) is 0 Å². The highest BCUT2D eigenvalue weighted by Crippen LogP contribution is 2.42. The molecule has 0 aromatic rings. The zero-order valence-electron chi connectivity index (χ0n) is 5.84. The third-order valence-corrected chi connectivity index (χ3v) is 2.10. The van der Waals surface area contributed by atoms with Gasteiger partial charge >= 0.3 is 6.18 Å². The van der Waals surface area contributed by atoms with Gasteiger partial charge in [-0.25, -0.2) is 0 Å². The van der Waals surface area contributed by atoms with E-state index in [1.54, 1.807) is 0 Å². The summed E-state index contributed by atoms with van der Waals surface area (Å²) in [6, 6.07) is 0. The van der Waals surface area contributed by atoms with Gasteiger partial charge in [-0.05, 0) is 13.0 Å². The lowest BCUT2D eigenvalue weighted by Crippen LogP contribution is -2.41. The van der Waals surface area contributed by atoms with E-state index in [2.05, 4.69) is 5.32 Å². The fourth-order valence-corrected chi connectivity index (χ4v) is 1.18. The lowest BCUT2D eigenvalue weighted by atomic mass is 9.88. The van der Waals surface area contributed by atoms with Crippen LogP contribution in [-0.2, 0) is 0 Å². The van der Waals surface area contributed by atoms with Crippen molar-refractivity contribution in [3.8, 4) is 0 Å². The van der Waals surface area contributed by atoms with Crippen molar-refractivity contribution in [3.05, 3.63) is 0 Å². The Labute approximate surface area is 61.8 Å². The average Bonchev–Trinajstić information content (AvgIpc) is 2.33. The minimum absolute atomic E-state index is 0.146. The molecule has 66 valence electrons. The lowest BCUT2D eigenvalue weighted by Gasteiger charge is -2.27. The summed E-state index contributed by atoms with van der Waals surface area (Å²) in [6.45, 7) is -1.35. The summed E-state index contributed by atoms with van der Waals surface area (Å²) in [5, 5.41) is 2.51. The zero-order chi connectivity index (χ0) is 8.54. The topological polar surface area (TPSA) is 12.0 Å². The molecule has 0 bridgehead atoms. The largest absolute Gasteiger partial charge is 0.398 e. The van der Waals surface area contributed by atoms with E-state index in [1.807, 2.05) is 0 Å². The minimum atomic E-state index is -4.41. The summed E-state index contributed by atoms with van der Waals surface area (Å²) >= 11 is 0. The molecule has 1 atom stereocenters. The van der Waals surface area contributed by atoms with Gasteiger partial charge in [-0.1, -0.05) is 0 Å². The fourth-order valence-electron chi connectivity index (χ4n) is 1.18. The first-order valence-corrected chi connectivity index (χ1v) is 3.35. The Morgan fingerprint density at radius 3 is 2.18 bits per heavy atom. The van der Waals surface area contributed by atoms with Crippen LogP contribution in [0.3, 0.4) is 0 Å². The molecule has 1 aliphatic rings. The molecule has 0 aromatic carbocycles. The first-order chi connectivity index (χ1) is 5.02. The molecule has 11 heavy (non-hydrogen) atoms. The van der Waals surface area contributed by atoms with Crippen LogP contribution in [0.5, 0.6) is 0 Å². The van der Waals surface area contributed by atoms with Crippen molar-refractivity contribution < 1.29 is 17.6 Å². The maximum absolute atomic E-state index is 12.1. The summed E-state index contributed by atoms with van der Waals surface area (Å²) in [7, 11) is 0. The van der Waals surface area contributed by atoms with E-state index >= 15 is 0 Å². The molecule has 0 radical (unpaired) electrons. The molecule has 1 aliphatic heterocycles. The van der Waals surface area contributed by atoms with Crippen LogP contribution in [0, 0.1) is 5.41 Å². The maximum Gasteiger partial charge on any atom is 0.398 e. The van der Waals surface area contributed by atoms with Gasteiger partial charge in [0.25, 0.3) is 0 Å². The van der Waals surface area contributed by atoms with Crippen LogP contribution in [0.1, 0.15) is 6.42 Å². The molecule has 0 amide bonds. The molecular formula is C6H9F4N. The molecule has 1 heterocycles. The number of rotatable bonds is 1. The molecule has 0 aromatic heterocycles. The van der Waals surface area contributed by atoms with Crippen molar-refractivity contribution in [1.29, 1.82) is 0 Å². The van der Waals surface area contributed by atoms with Gasteiger partial charge in [0.1, 0.15) is 12.1 Å². The zero-order valence-corrected chi connectivity index (χ0v) is 5.84. The van der Waals surface area contributed by atoms with E-state index in [-0.39, 0.29) is 19.5 Å². The number of hydrogen-bond donors (Lipinski definition) is 1. The summed E-state index contributed by atoms with van der Waals surface area (Å²) in [5.41, 5.74) is -2.10. The molecule has 1 saturated heterocycles. The van der Waals surface area contributed by atoms with Crippen LogP contribution in [0.25, 0.3) is 0 Å². The quantitative estimate of drug-likeness (QED) is 0.589. The van der Waals surface area contributed by atoms with Crippen molar-refractivity contribution >= 4 is 0 Å². The second-order valence-electron chi connectivity index (χ2n) is 2.84. The highest BCUT2D eigenvalue weighted by Gasteiger charge is 2.56. The van der Waals surface area contributed by atoms with Crippen molar-refractivity contribution in [2.75, 3.05) is 19.8 Å². The van der Waals surface area contributed by atoms with Crippen molar-refractivity contribution in [2.45, 2.75) is 12.6 Å². The van der Waals surface area contributed by atoms with E-state index in [1.165, 1.54) is 0 Å². The van der Waals surface area contributed by atoms with Crippen molar-refractivity contribution in [3.63, 3.8) is 0 Å². The van der Waals surface area contributed by atoms with Crippen LogP contribution < -0.4 is 5.32 Å². The van der Waals surface area contributed by atoms with Crippen LogP contribution in [-0.4, -0.2) is 25.9 Å². The van der Waals surface area contributed by atoms with E-state index in [0.29, 0.717) is 0 Å². The standard InChI is InChI=1S/C6H9F4N/c7-3-5(6(8,9)10)1-2-11-4-5/h11H,1-4H2/t5-/m0/s1. The SMILES string of the molecule is FC[C@@]1(C(F)(F)F)CCNC1. The lowest BCUT2D eigenvalue weighted by molar-refractivity contribution is -0.221. The van der Waals surface area contributed by atoms with Gasteiger partial charge in [-0.3, -0.25) is 4.39 Å². The third-order valence-electron chi connectivity index (χ3n) is 2.10. The summed E-state index contributed by atoms with van der Waals surface area (Å²) in [4.78, 5) is 0. The molecule has 0 saturated carbocycles. The molecular weight excluding hydrogens is 162 g/mol. The van der Waals surface area contributed by atoms with Gasteiger partial charge < -0.3 is 5.32 Å². The first-order valence-electron chi connectivity index (χ1n) is 3.35. The van der Waals surface area contributed by atoms with Gasteiger partial charge in [-0.2, -0.15) is 13.2 Å². The molecule has 5 heteroatoms. The smallest absolute Gasteiger partial charge is 0.316 e. The Bertz CT molecular complexity index is 136. The van der Waals surface area contributed by atoms with Crippen LogP contribution in [0.2, 0.25) is 0 Å². The summed E-state index contributed by atoms with van der Waals surface area (Å²) in [6.07, 6.45) is -4.56. The van der Waals surface area contributed by atoms with E-state index in [4.69, 9.17) is 0 Å². The van der Waals surface area contributed by atoms with E-state index < -0.39 is 18.3 Å². The molecule has 1 N–H and O–H groups in total. The van der Waals surface area contributed by atoms with Gasteiger partial charge in [0.2, 0.25) is 0 Å². The van der Waals surface area contributed by atoms with Crippen molar-refractivity contribution in [2.24, 2.45) is 5.41 Å². The van der Waals surface area contributed by atoms with E-state index in [9.17, 15) is 17.6 Å². The predicted octanol–water partition coefficient (Wildman–Crippen LogP) is 1.50. The van der Waals surface area contributed by atoms with Crippen LogP contribution in [0.15, 0.2) is 0 Å². The molecule has 0 spiro atoms. The van der Waals surface area contributed by atoms with Gasteiger partial charge in [0.15, 0.2) is 0 Å². The van der Waals surface area contributed by atoms with Gasteiger partial charge in [0.05, 0.1) is 0 Å². The molecule has 1 fully saturated rings. The first kappa shape index (κ1) is 8.77. The monoisotopic (exact) mass is 171 g/mol. The third kappa shape index (κ3) is 1.34. The number of hydrogen-bond acceptors (Lipinski definition) is 1. The van der Waals surface area contributed by atoms with Gasteiger partial charge in [0, 0.05) is 6.54 Å². The Morgan fingerprint density at radius 2 is 2.00 bits per heavy atom. The second kappa shape index (κ2) is 2.62. The Kier molecular flexibility index (Phi) is 2.09. The van der Waals surface area contributed by atoms with Crippen LogP contribution >= 0.6 is 0 Å². The number of alkyl halides is 4. The second-order valence-corrected chi connectivity index (χ2v) is 2.84. The highest BCUT2D eigenvalue weighted by molar-refractivity contribution is 4.93. The minimum Gasteiger partial charge on any atom is -0.316 e. The highest BCUT2D eigenvalue weighted by atomic mass is 19.4. The molecule has 0 unspecified atom stereocenters. The predicted molar refractivity (Wildman–Crippen MR) is 31.9 cm³/mol. The summed E-state index contributed by atoms with van der Waals surface area (Å²) in [5.74, 6) is 0. The molecule has 1 rings (SSSR count). The maximum atomic E-state index is 12.1. The Hall–Kier alpha value is -0.320.